The van der Waals surface area contributed by atoms with Crippen LogP contribution in [0.25, 0.3) is 11.0 Å². The van der Waals surface area contributed by atoms with Gasteiger partial charge in [0.25, 0.3) is 0 Å². The van der Waals surface area contributed by atoms with Gasteiger partial charge in [0.05, 0.1) is 17.2 Å². The molecule has 0 atom stereocenters. The summed E-state index contributed by atoms with van der Waals surface area (Å²) < 4.78 is 13.5. The number of halogens is 2. The Kier molecular flexibility index (Phi) is 3.35. The average Bonchev–Trinajstić information content (AvgIpc) is 2.85. The first-order valence-electron chi connectivity index (χ1n) is 5.91. The summed E-state index contributed by atoms with van der Waals surface area (Å²) in [6.07, 6.45) is 1.36. The molecule has 2 aromatic carbocycles. The lowest BCUT2D eigenvalue weighted by Crippen LogP contribution is -1.94. The van der Waals surface area contributed by atoms with Crippen LogP contribution in [0.1, 0.15) is 5.56 Å². The van der Waals surface area contributed by atoms with Gasteiger partial charge in [0.1, 0.15) is 5.82 Å². The maximum atomic E-state index is 13.5. The number of nitrogens with zero attached hydrogens (tertiary/aromatic N) is 2. The van der Waals surface area contributed by atoms with Crippen molar-refractivity contribution >= 4 is 34.8 Å². The van der Waals surface area contributed by atoms with Gasteiger partial charge in [-0.1, -0.05) is 23.7 Å². The first-order chi connectivity index (χ1) is 9.72. The molecule has 0 aliphatic rings. The molecule has 0 unspecified atom stereocenters. The highest BCUT2D eigenvalue weighted by Crippen LogP contribution is 2.14. The molecule has 0 spiro atoms. The molecule has 20 heavy (non-hydrogen) atoms. The monoisotopic (exact) mass is 288 g/mol. The third-order valence-corrected chi connectivity index (χ3v) is 2.96. The first-order valence-corrected chi connectivity index (χ1v) is 6.29. The summed E-state index contributed by atoms with van der Waals surface area (Å²) >= 11 is 5.80. The molecule has 0 radical (unpaired) electrons. The molecule has 0 fully saturated rings. The standard InChI is InChI=1S/C14H10ClFN4/c15-10-5-6-11(16)9(7-10)8-17-20-14-18-12-3-1-2-4-13(12)19-14/h1-8H,(H2,18,19,20)/b17-8+. The van der Waals surface area contributed by atoms with Gasteiger partial charge in [-0.25, -0.2) is 14.8 Å². The van der Waals surface area contributed by atoms with Crippen molar-refractivity contribution in [3.8, 4) is 0 Å². The Balaban J connectivity index is 1.78. The van der Waals surface area contributed by atoms with Crippen molar-refractivity contribution in [3.63, 3.8) is 0 Å². The van der Waals surface area contributed by atoms with E-state index in [-0.39, 0.29) is 5.82 Å². The highest BCUT2D eigenvalue weighted by Gasteiger charge is 2.01. The van der Waals surface area contributed by atoms with E-state index in [1.807, 2.05) is 24.3 Å². The summed E-state index contributed by atoms with van der Waals surface area (Å²) in [5.74, 6) is 0.106. The minimum atomic E-state index is -0.385. The van der Waals surface area contributed by atoms with Gasteiger partial charge in [0.15, 0.2) is 0 Å². The second-order valence-electron chi connectivity index (χ2n) is 4.14. The van der Waals surface area contributed by atoms with Crippen LogP contribution in [0.15, 0.2) is 47.6 Å². The lowest BCUT2D eigenvalue weighted by Gasteiger charge is -1.97. The van der Waals surface area contributed by atoms with Crippen molar-refractivity contribution in [2.45, 2.75) is 0 Å². The van der Waals surface area contributed by atoms with Crippen LogP contribution < -0.4 is 5.43 Å². The summed E-state index contributed by atoms with van der Waals surface area (Å²) in [4.78, 5) is 7.34. The molecule has 0 saturated heterocycles. The number of aromatic amines is 1. The summed E-state index contributed by atoms with van der Waals surface area (Å²) in [7, 11) is 0. The van der Waals surface area contributed by atoms with Crippen molar-refractivity contribution in [2.24, 2.45) is 5.10 Å². The van der Waals surface area contributed by atoms with Crippen LogP contribution in [0.4, 0.5) is 10.3 Å². The fourth-order valence-electron chi connectivity index (χ4n) is 1.78. The molecule has 3 aromatic rings. The average molecular weight is 289 g/mol. The van der Waals surface area contributed by atoms with Crippen LogP contribution in [0.5, 0.6) is 0 Å². The van der Waals surface area contributed by atoms with Crippen molar-refractivity contribution < 1.29 is 4.39 Å². The molecule has 0 aliphatic carbocycles. The van der Waals surface area contributed by atoms with E-state index in [1.54, 1.807) is 0 Å². The third kappa shape index (κ3) is 2.62. The van der Waals surface area contributed by atoms with E-state index in [2.05, 4.69) is 20.5 Å². The van der Waals surface area contributed by atoms with Gasteiger partial charge in [-0.05, 0) is 30.3 Å². The van der Waals surface area contributed by atoms with Crippen LogP contribution in [-0.2, 0) is 0 Å². The molecule has 2 N–H and O–H groups in total. The molecule has 100 valence electrons. The van der Waals surface area contributed by atoms with Gasteiger partial charge in [0.2, 0.25) is 5.95 Å². The Labute approximate surface area is 119 Å². The van der Waals surface area contributed by atoms with Crippen LogP contribution in [0, 0.1) is 5.82 Å². The van der Waals surface area contributed by atoms with Gasteiger partial charge in [-0.3, -0.25) is 0 Å². The zero-order valence-corrected chi connectivity index (χ0v) is 11.0. The maximum Gasteiger partial charge on any atom is 0.222 e. The largest absolute Gasteiger partial charge is 0.323 e. The van der Waals surface area contributed by atoms with Crippen molar-refractivity contribution in [1.82, 2.24) is 9.97 Å². The van der Waals surface area contributed by atoms with Crippen molar-refractivity contribution in [1.29, 1.82) is 0 Å². The maximum absolute atomic E-state index is 13.5. The number of benzene rings is 2. The number of rotatable bonds is 3. The highest BCUT2D eigenvalue weighted by atomic mass is 35.5. The van der Waals surface area contributed by atoms with Gasteiger partial charge >= 0.3 is 0 Å². The Morgan fingerprint density at radius 2 is 2.10 bits per heavy atom. The van der Waals surface area contributed by atoms with Gasteiger partial charge in [0, 0.05) is 10.6 Å². The summed E-state index contributed by atoms with van der Waals surface area (Å²) in [6.45, 7) is 0. The quantitative estimate of drug-likeness (QED) is 0.569. The SMILES string of the molecule is Fc1ccc(Cl)cc1/C=N/Nc1nc2ccccc2[nH]1. The van der Waals surface area contributed by atoms with Crippen molar-refractivity contribution in [3.05, 3.63) is 58.9 Å². The zero-order valence-electron chi connectivity index (χ0n) is 10.3. The Hall–Kier alpha value is -2.40. The molecule has 0 amide bonds. The van der Waals surface area contributed by atoms with Gasteiger partial charge in [-0.2, -0.15) is 5.10 Å². The number of H-pyrrole nitrogens is 1. The van der Waals surface area contributed by atoms with Crippen LogP contribution >= 0.6 is 11.6 Å². The second-order valence-corrected chi connectivity index (χ2v) is 4.57. The molecule has 0 saturated carbocycles. The van der Waals surface area contributed by atoms with E-state index in [0.717, 1.165) is 11.0 Å². The first kappa shape index (κ1) is 12.6. The van der Waals surface area contributed by atoms with Crippen LogP contribution in [0.3, 0.4) is 0 Å². The lowest BCUT2D eigenvalue weighted by atomic mass is 10.2. The molecule has 3 rings (SSSR count). The number of hydrogen-bond donors (Lipinski definition) is 2. The Bertz CT molecular complexity index is 749. The smallest absolute Gasteiger partial charge is 0.222 e. The Morgan fingerprint density at radius 1 is 1.25 bits per heavy atom. The van der Waals surface area contributed by atoms with Crippen LogP contribution in [-0.4, -0.2) is 16.2 Å². The van der Waals surface area contributed by atoms with E-state index in [0.29, 0.717) is 16.5 Å². The third-order valence-electron chi connectivity index (χ3n) is 2.72. The summed E-state index contributed by atoms with van der Waals surface area (Å²) in [6, 6.07) is 11.9. The number of aromatic nitrogens is 2. The van der Waals surface area contributed by atoms with E-state index in [4.69, 9.17) is 11.6 Å². The molecule has 1 heterocycles. The number of hydrogen-bond acceptors (Lipinski definition) is 3. The number of anilines is 1. The predicted octanol–water partition coefficient (Wildman–Crippen LogP) is 3.80. The van der Waals surface area contributed by atoms with E-state index < -0.39 is 0 Å². The van der Waals surface area contributed by atoms with Crippen molar-refractivity contribution in [2.75, 3.05) is 5.43 Å². The summed E-state index contributed by atoms with van der Waals surface area (Å²) in [5.41, 5.74) is 4.76. The lowest BCUT2D eigenvalue weighted by molar-refractivity contribution is 0.626. The normalized spacial score (nSPS) is 11.3. The number of para-hydroxylation sites is 2. The minimum absolute atomic E-state index is 0.307. The molecular formula is C14H10ClFN4. The van der Waals surface area contributed by atoms with E-state index >= 15 is 0 Å². The zero-order chi connectivity index (χ0) is 13.9. The highest BCUT2D eigenvalue weighted by molar-refractivity contribution is 6.30. The number of fused-ring (bicyclic) bond motifs is 1. The topological polar surface area (TPSA) is 53.1 Å². The Morgan fingerprint density at radius 3 is 2.95 bits per heavy atom. The van der Waals surface area contributed by atoms with Crippen LogP contribution in [0.2, 0.25) is 5.02 Å². The fourth-order valence-corrected chi connectivity index (χ4v) is 1.96. The summed E-state index contributed by atoms with van der Waals surface area (Å²) in [5, 5.41) is 4.40. The molecule has 1 aromatic heterocycles. The minimum Gasteiger partial charge on any atom is -0.323 e. The van der Waals surface area contributed by atoms with Gasteiger partial charge < -0.3 is 4.98 Å². The fraction of sp³-hybridized carbons (Fsp3) is 0. The van der Waals surface area contributed by atoms with E-state index in [1.165, 1.54) is 24.4 Å². The number of hydrazone groups is 1. The number of nitrogens with one attached hydrogen (secondary N) is 2. The second kappa shape index (κ2) is 5.30. The molecule has 6 heteroatoms. The molecular weight excluding hydrogens is 279 g/mol. The molecule has 4 nitrogen and oxygen atoms in total. The number of imidazole rings is 1. The van der Waals surface area contributed by atoms with E-state index in [9.17, 15) is 4.39 Å². The van der Waals surface area contributed by atoms with Gasteiger partial charge in [-0.15, -0.1) is 0 Å². The molecule has 0 bridgehead atoms. The molecule has 0 aliphatic heterocycles. The predicted molar refractivity (Wildman–Crippen MR) is 78.7 cm³/mol.